The van der Waals surface area contributed by atoms with Crippen LogP contribution in [0.3, 0.4) is 0 Å². The van der Waals surface area contributed by atoms with Gasteiger partial charge in [0.2, 0.25) is 11.8 Å². The van der Waals surface area contributed by atoms with E-state index in [2.05, 4.69) is 5.32 Å². The first-order valence-corrected chi connectivity index (χ1v) is 12.0. The molecule has 0 aliphatic heterocycles. The highest BCUT2D eigenvalue weighted by atomic mass is 32.1. The molecule has 7 heteroatoms. The van der Waals surface area contributed by atoms with Crippen LogP contribution in [0.2, 0.25) is 0 Å². The van der Waals surface area contributed by atoms with Crippen LogP contribution in [0.4, 0.5) is 10.1 Å². The number of methoxy groups -OCH3 is 1. The molecule has 0 spiro atoms. The first-order valence-electron chi connectivity index (χ1n) is 11.1. The number of hydrogen-bond acceptors (Lipinski definition) is 4. The summed E-state index contributed by atoms with van der Waals surface area (Å²) in [4.78, 5) is 29.7. The normalized spacial score (nSPS) is 11.5. The Morgan fingerprint density at radius 1 is 0.943 bits per heavy atom. The molecule has 178 valence electrons. The zero-order valence-electron chi connectivity index (χ0n) is 19.2. The van der Waals surface area contributed by atoms with E-state index in [0.717, 1.165) is 10.4 Å². The van der Waals surface area contributed by atoms with Crippen LogP contribution in [0.5, 0.6) is 5.75 Å². The molecule has 5 nitrogen and oxygen atoms in total. The van der Waals surface area contributed by atoms with E-state index < -0.39 is 11.9 Å². The molecule has 0 saturated carbocycles. The number of amides is 2. The minimum Gasteiger partial charge on any atom is -0.497 e. The van der Waals surface area contributed by atoms with Gasteiger partial charge in [0.05, 0.1) is 13.5 Å². The van der Waals surface area contributed by atoms with Crippen LogP contribution in [0.1, 0.15) is 22.0 Å². The van der Waals surface area contributed by atoms with Crippen LogP contribution >= 0.6 is 11.3 Å². The number of nitrogens with one attached hydrogen (secondary N) is 1. The summed E-state index contributed by atoms with van der Waals surface area (Å²) >= 11 is 1.48. The van der Waals surface area contributed by atoms with Gasteiger partial charge < -0.3 is 10.1 Å². The van der Waals surface area contributed by atoms with Gasteiger partial charge in [-0.05, 0) is 59.0 Å². The number of halogens is 1. The van der Waals surface area contributed by atoms with Crippen molar-refractivity contribution >= 4 is 28.8 Å². The van der Waals surface area contributed by atoms with E-state index in [4.69, 9.17) is 4.74 Å². The molecule has 1 atom stereocenters. The van der Waals surface area contributed by atoms with Crippen molar-refractivity contribution in [1.29, 1.82) is 0 Å². The largest absolute Gasteiger partial charge is 0.497 e. The third-order valence-corrected chi connectivity index (χ3v) is 6.40. The highest BCUT2D eigenvalue weighted by Crippen LogP contribution is 2.31. The van der Waals surface area contributed by atoms with Crippen LogP contribution < -0.4 is 15.0 Å². The van der Waals surface area contributed by atoms with E-state index in [1.165, 1.54) is 40.5 Å². The van der Waals surface area contributed by atoms with Crippen LogP contribution in [0.15, 0.2) is 96.4 Å². The third kappa shape index (κ3) is 6.13. The van der Waals surface area contributed by atoms with Gasteiger partial charge in [-0.2, -0.15) is 0 Å². The summed E-state index contributed by atoms with van der Waals surface area (Å²) in [7, 11) is 1.56. The Labute approximate surface area is 207 Å². The molecular weight excluding hydrogens is 463 g/mol. The van der Waals surface area contributed by atoms with Gasteiger partial charge in [0.1, 0.15) is 17.6 Å². The topological polar surface area (TPSA) is 58.6 Å². The fourth-order valence-electron chi connectivity index (χ4n) is 3.77. The Hall–Kier alpha value is -3.97. The molecule has 1 N–H and O–H groups in total. The van der Waals surface area contributed by atoms with Gasteiger partial charge in [0.15, 0.2) is 0 Å². The fourth-order valence-corrected chi connectivity index (χ4v) is 4.47. The Kier molecular flexibility index (Phi) is 7.90. The lowest BCUT2D eigenvalue weighted by Gasteiger charge is -2.31. The molecule has 4 rings (SSSR count). The summed E-state index contributed by atoms with van der Waals surface area (Å²) < 4.78 is 19.0. The molecule has 1 aromatic heterocycles. The SMILES string of the molecule is COc1ccc(N(C(=O)Cc2cccs2)C(C(=O)NCc2ccccc2)c2ccc(F)cc2)cc1. The molecule has 0 bridgehead atoms. The third-order valence-electron chi connectivity index (χ3n) is 5.53. The van der Waals surface area contributed by atoms with Crippen molar-refractivity contribution in [2.24, 2.45) is 0 Å². The predicted octanol–water partition coefficient (Wildman–Crippen LogP) is 5.53. The number of benzene rings is 3. The smallest absolute Gasteiger partial charge is 0.248 e. The second-order valence-corrected chi connectivity index (χ2v) is 8.91. The monoisotopic (exact) mass is 488 g/mol. The van der Waals surface area contributed by atoms with E-state index in [1.807, 2.05) is 47.8 Å². The van der Waals surface area contributed by atoms with E-state index in [1.54, 1.807) is 31.4 Å². The standard InChI is InChI=1S/C28H25FN2O3S/c1-34-24-15-13-23(14-16-24)31(26(32)18-25-8-5-17-35-25)27(21-9-11-22(29)12-10-21)28(33)30-19-20-6-3-2-4-7-20/h2-17,27H,18-19H2,1H3,(H,30,33). The number of ether oxygens (including phenoxy) is 1. The van der Waals surface area contributed by atoms with Crippen molar-refractivity contribution in [3.63, 3.8) is 0 Å². The quantitative estimate of drug-likeness (QED) is 0.337. The zero-order chi connectivity index (χ0) is 24.6. The molecule has 1 unspecified atom stereocenters. The van der Waals surface area contributed by atoms with Gasteiger partial charge in [-0.25, -0.2) is 4.39 Å². The summed E-state index contributed by atoms with van der Waals surface area (Å²) in [5.74, 6) is -0.401. The highest BCUT2D eigenvalue weighted by Gasteiger charge is 2.33. The van der Waals surface area contributed by atoms with Crippen molar-refractivity contribution in [2.75, 3.05) is 12.0 Å². The molecule has 1 heterocycles. The van der Waals surface area contributed by atoms with Crippen molar-refractivity contribution < 1.29 is 18.7 Å². The van der Waals surface area contributed by atoms with Crippen LogP contribution in [-0.4, -0.2) is 18.9 Å². The first kappa shape index (κ1) is 24.2. The van der Waals surface area contributed by atoms with E-state index in [-0.39, 0.29) is 18.2 Å². The number of nitrogens with zero attached hydrogens (tertiary/aromatic N) is 1. The Morgan fingerprint density at radius 2 is 1.66 bits per heavy atom. The maximum Gasteiger partial charge on any atom is 0.248 e. The lowest BCUT2D eigenvalue weighted by Crippen LogP contribution is -2.44. The summed E-state index contributed by atoms with van der Waals surface area (Å²) in [6.07, 6.45) is 0.132. The molecule has 2 amide bonds. The lowest BCUT2D eigenvalue weighted by molar-refractivity contribution is -0.126. The molecule has 0 saturated heterocycles. The highest BCUT2D eigenvalue weighted by molar-refractivity contribution is 7.10. The van der Waals surface area contributed by atoms with Crippen molar-refractivity contribution in [3.05, 3.63) is 118 Å². The van der Waals surface area contributed by atoms with Crippen LogP contribution in [-0.2, 0) is 22.6 Å². The van der Waals surface area contributed by atoms with Gasteiger partial charge in [0, 0.05) is 17.1 Å². The van der Waals surface area contributed by atoms with E-state index in [9.17, 15) is 14.0 Å². The van der Waals surface area contributed by atoms with Gasteiger partial charge >= 0.3 is 0 Å². The number of hydrogen-bond donors (Lipinski definition) is 1. The average Bonchev–Trinajstić information content (AvgIpc) is 3.40. The molecular formula is C28H25FN2O3S. The number of carbonyl (C=O) groups is 2. The Morgan fingerprint density at radius 3 is 2.29 bits per heavy atom. The van der Waals surface area contributed by atoms with Crippen LogP contribution in [0, 0.1) is 5.82 Å². The van der Waals surface area contributed by atoms with E-state index >= 15 is 0 Å². The number of rotatable bonds is 9. The Bertz CT molecular complexity index is 1240. The maximum absolute atomic E-state index is 13.7. The second-order valence-electron chi connectivity index (χ2n) is 7.88. The average molecular weight is 489 g/mol. The first-order chi connectivity index (χ1) is 17.0. The zero-order valence-corrected chi connectivity index (χ0v) is 20.0. The summed E-state index contributed by atoms with van der Waals surface area (Å²) in [5, 5.41) is 4.86. The predicted molar refractivity (Wildman–Crippen MR) is 136 cm³/mol. The summed E-state index contributed by atoms with van der Waals surface area (Å²) in [5.41, 5.74) is 1.98. The van der Waals surface area contributed by atoms with Gasteiger partial charge in [-0.15, -0.1) is 11.3 Å². The number of carbonyl (C=O) groups excluding carboxylic acids is 2. The van der Waals surface area contributed by atoms with Gasteiger partial charge in [-0.3, -0.25) is 14.5 Å². The van der Waals surface area contributed by atoms with Gasteiger partial charge in [-0.1, -0.05) is 48.5 Å². The van der Waals surface area contributed by atoms with Crippen LogP contribution in [0.25, 0.3) is 0 Å². The minimum atomic E-state index is -1.000. The molecule has 0 fully saturated rings. The van der Waals surface area contributed by atoms with Crippen molar-refractivity contribution in [2.45, 2.75) is 19.0 Å². The molecule has 3 aromatic carbocycles. The van der Waals surface area contributed by atoms with E-state index in [0.29, 0.717) is 23.5 Å². The van der Waals surface area contributed by atoms with Crippen molar-refractivity contribution in [1.82, 2.24) is 5.32 Å². The number of thiophene rings is 1. The molecule has 0 aliphatic rings. The summed E-state index contributed by atoms with van der Waals surface area (Å²) in [6.45, 7) is 0.299. The molecule has 0 aliphatic carbocycles. The van der Waals surface area contributed by atoms with Crippen molar-refractivity contribution in [3.8, 4) is 5.75 Å². The minimum absolute atomic E-state index is 0.132. The molecule has 35 heavy (non-hydrogen) atoms. The summed E-state index contributed by atoms with van der Waals surface area (Å²) in [6, 6.07) is 24.9. The second kappa shape index (κ2) is 11.4. The Balaban J connectivity index is 1.73. The lowest BCUT2D eigenvalue weighted by atomic mass is 10.0. The van der Waals surface area contributed by atoms with Gasteiger partial charge in [0.25, 0.3) is 0 Å². The fraction of sp³-hybridized carbons (Fsp3) is 0.143. The molecule has 4 aromatic rings. The number of anilines is 1. The maximum atomic E-state index is 13.7. The molecule has 0 radical (unpaired) electrons.